The lowest BCUT2D eigenvalue weighted by Crippen LogP contribution is -2.04. The van der Waals surface area contributed by atoms with E-state index in [0.29, 0.717) is 0 Å². The highest BCUT2D eigenvalue weighted by atomic mass is 32.2. The fourth-order valence-corrected chi connectivity index (χ4v) is 2.36. The summed E-state index contributed by atoms with van der Waals surface area (Å²) in [5, 5.41) is 0. The van der Waals surface area contributed by atoms with E-state index >= 15 is 0 Å². The van der Waals surface area contributed by atoms with Gasteiger partial charge < -0.3 is 5.73 Å². The number of hydrogen-bond donors (Lipinski definition) is 1. The zero-order chi connectivity index (χ0) is 12.5. The molecule has 0 saturated carbocycles. The minimum absolute atomic E-state index is 0.0111. The third kappa shape index (κ3) is 2.23. The van der Waals surface area contributed by atoms with Gasteiger partial charge in [-0.15, -0.1) is 0 Å². The highest BCUT2D eigenvalue weighted by Crippen LogP contribution is 2.19. The van der Waals surface area contributed by atoms with E-state index in [4.69, 9.17) is 5.73 Å². The number of nitrogens with zero attached hydrogens (tertiary/aromatic N) is 2. The number of rotatable bonds is 2. The van der Waals surface area contributed by atoms with Crippen molar-refractivity contribution in [3.63, 3.8) is 0 Å². The van der Waals surface area contributed by atoms with Crippen LogP contribution in [-0.4, -0.2) is 18.4 Å². The van der Waals surface area contributed by atoms with Gasteiger partial charge in [0.1, 0.15) is 10.7 Å². The molecule has 5 nitrogen and oxygen atoms in total. The number of halogens is 1. The van der Waals surface area contributed by atoms with Crippen LogP contribution >= 0.6 is 0 Å². The topological polar surface area (TPSA) is 85.9 Å². The largest absolute Gasteiger partial charge is 0.368 e. The average Bonchev–Trinajstić information content (AvgIpc) is 2.30. The van der Waals surface area contributed by atoms with Gasteiger partial charge in [0.25, 0.3) is 0 Å². The Morgan fingerprint density at radius 2 is 1.53 bits per heavy atom. The first kappa shape index (κ1) is 11.5. The molecule has 0 amide bonds. The first-order valence-electron chi connectivity index (χ1n) is 4.58. The molecule has 0 unspecified atom stereocenters. The van der Waals surface area contributed by atoms with Crippen molar-refractivity contribution in [3.8, 4) is 0 Å². The standard InChI is InChI=1S/C10H8FN3O2S/c11-7-1-3-8(4-2-7)17(15,16)9-5-13-10(12)14-6-9/h1-6H,(H2,12,13,14). The maximum Gasteiger partial charge on any atom is 0.219 e. The summed E-state index contributed by atoms with van der Waals surface area (Å²) in [5.41, 5.74) is 5.26. The lowest BCUT2D eigenvalue weighted by atomic mass is 10.4. The summed E-state index contributed by atoms with van der Waals surface area (Å²) in [5.74, 6) is -0.513. The molecule has 2 rings (SSSR count). The average molecular weight is 253 g/mol. The number of hydrogen-bond acceptors (Lipinski definition) is 5. The van der Waals surface area contributed by atoms with E-state index in [1.807, 2.05) is 0 Å². The maximum absolute atomic E-state index is 12.7. The Hall–Kier alpha value is -2.02. The third-order valence-corrected chi connectivity index (χ3v) is 3.81. The van der Waals surface area contributed by atoms with E-state index in [2.05, 4.69) is 9.97 Å². The second-order valence-electron chi connectivity index (χ2n) is 3.23. The van der Waals surface area contributed by atoms with Crippen LogP contribution in [0.4, 0.5) is 10.3 Å². The summed E-state index contributed by atoms with van der Waals surface area (Å²) in [7, 11) is -3.72. The molecule has 1 aromatic heterocycles. The minimum Gasteiger partial charge on any atom is -0.368 e. The Bertz CT molecular complexity index is 572. The molecule has 1 aromatic carbocycles. The lowest BCUT2D eigenvalue weighted by Gasteiger charge is -2.03. The van der Waals surface area contributed by atoms with Crippen molar-refractivity contribution < 1.29 is 12.8 Å². The number of nitrogens with two attached hydrogens (primary N) is 1. The molecule has 0 aliphatic rings. The predicted octanol–water partition coefficient (Wildman–Crippen LogP) is 1.03. The van der Waals surface area contributed by atoms with Gasteiger partial charge in [-0.05, 0) is 24.3 Å². The van der Waals surface area contributed by atoms with Crippen LogP contribution in [0.2, 0.25) is 0 Å². The minimum atomic E-state index is -3.72. The Kier molecular flexibility index (Phi) is 2.76. The SMILES string of the molecule is Nc1ncc(S(=O)(=O)c2ccc(F)cc2)cn1. The zero-order valence-corrected chi connectivity index (χ0v) is 9.36. The van der Waals surface area contributed by atoms with Crippen molar-refractivity contribution in [1.82, 2.24) is 9.97 Å². The zero-order valence-electron chi connectivity index (χ0n) is 8.54. The van der Waals surface area contributed by atoms with Gasteiger partial charge in [0.15, 0.2) is 0 Å². The van der Waals surface area contributed by atoms with Crippen LogP contribution in [0.5, 0.6) is 0 Å². The molecule has 0 radical (unpaired) electrons. The van der Waals surface area contributed by atoms with Gasteiger partial charge in [-0.3, -0.25) is 0 Å². The molecule has 0 atom stereocenters. The first-order chi connectivity index (χ1) is 8.00. The summed E-state index contributed by atoms with van der Waals surface area (Å²) in [6.07, 6.45) is 2.22. The van der Waals surface area contributed by atoms with Crippen LogP contribution in [0.1, 0.15) is 0 Å². The van der Waals surface area contributed by atoms with E-state index < -0.39 is 15.7 Å². The summed E-state index contributed by atoms with van der Waals surface area (Å²) < 4.78 is 36.7. The molecule has 17 heavy (non-hydrogen) atoms. The molecule has 0 aliphatic heterocycles. The summed E-state index contributed by atoms with van der Waals surface area (Å²) in [6.45, 7) is 0. The Labute approximate surface area is 97.1 Å². The van der Waals surface area contributed by atoms with Gasteiger partial charge in [0.2, 0.25) is 15.8 Å². The summed E-state index contributed by atoms with van der Waals surface area (Å²) >= 11 is 0. The Morgan fingerprint density at radius 1 is 1.00 bits per heavy atom. The molecule has 2 N–H and O–H groups in total. The number of nitrogen functional groups attached to an aromatic ring is 1. The van der Waals surface area contributed by atoms with Crippen molar-refractivity contribution in [2.45, 2.75) is 9.79 Å². The molecule has 2 aromatic rings. The maximum atomic E-state index is 12.7. The van der Waals surface area contributed by atoms with Crippen LogP contribution < -0.4 is 5.73 Å². The van der Waals surface area contributed by atoms with Crippen molar-refractivity contribution in [2.75, 3.05) is 5.73 Å². The number of sulfone groups is 1. The normalized spacial score (nSPS) is 11.4. The molecule has 0 fully saturated rings. The monoisotopic (exact) mass is 253 g/mol. The molecule has 88 valence electrons. The van der Waals surface area contributed by atoms with Crippen LogP contribution in [-0.2, 0) is 9.84 Å². The highest BCUT2D eigenvalue weighted by molar-refractivity contribution is 7.91. The van der Waals surface area contributed by atoms with E-state index in [-0.39, 0.29) is 15.7 Å². The highest BCUT2D eigenvalue weighted by Gasteiger charge is 2.18. The van der Waals surface area contributed by atoms with E-state index in [1.165, 1.54) is 12.1 Å². The predicted molar refractivity (Wildman–Crippen MR) is 58.3 cm³/mol. The van der Waals surface area contributed by atoms with Gasteiger partial charge in [-0.25, -0.2) is 22.8 Å². The fraction of sp³-hybridized carbons (Fsp3) is 0. The molecule has 0 bridgehead atoms. The Balaban J connectivity index is 2.50. The van der Waals surface area contributed by atoms with Crippen molar-refractivity contribution in [1.29, 1.82) is 0 Å². The fourth-order valence-electron chi connectivity index (χ4n) is 1.21. The van der Waals surface area contributed by atoms with Gasteiger partial charge in [-0.2, -0.15) is 0 Å². The van der Waals surface area contributed by atoms with Crippen molar-refractivity contribution in [3.05, 3.63) is 42.5 Å². The molecule has 0 spiro atoms. The molecule has 7 heteroatoms. The Morgan fingerprint density at radius 3 is 2.06 bits per heavy atom. The molecule has 1 heterocycles. The quantitative estimate of drug-likeness (QED) is 0.808. The van der Waals surface area contributed by atoms with Gasteiger partial charge >= 0.3 is 0 Å². The van der Waals surface area contributed by atoms with E-state index in [9.17, 15) is 12.8 Å². The second-order valence-corrected chi connectivity index (χ2v) is 5.18. The van der Waals surface area contributed by atoms with Crippen molar-refractivity contribution in [2.24, 2.45) is 0 Å². The van der Waals surface area contributed by atoms with E-state index in [0.717, 1.165) is 24.5 Å². The lowest BCUT2D eigenvalue weighted by molar-refractivity contribution is 0.594. The third-order valence-electron chi connectivity index (χ3n) is 2.08. The smallest absolute Gasteiger partial charge is 0.219 e. The van der Waals surface area contributed by atoms with Crippen LogP contribution in [0, 0.1) is 5.82 Å². The molecular formula is C10H8FN3O2S. The van der Waals surface area contributed by atoms with Gasteiger partial charge in [0, 0.05) is 0 Å². The number of benzene rings is 1. The molecule has 0 aliphatic carbocycles. The van der Waals surface area contributed by atoms with E-state index in [1.54, 1.807) is 0 Å². The molecule has 0 saturated heterocycles. The summed E-state index contributed by atoms with van der Waals surface area (Å²) in [4.78, 5) is 7.10. The number of aromatic nitrogens is 2. The first-order valence-corrected chi connectivity index (χ1v) is 6.06. The van der Waals surface area contributed by atoms with Crippen LogP contribution in [0.3, 0.4) is 0 Å². The van der Waals surface area contributed by atoms with Crippen molar-refractivity contribution >= 4 is 15.8 Å². The van der Waals surface area contributed by atoms with Gasteiger partial charge in [0.05, 0.1) is 17.3 Å². The van der Waals surface area contributed by atoms with Crippen LogP contribution in [0.15, 0.2) is 46.5 Å². The molecular weight excluding hydrogens is 245 g/mol. The second kappa shape index (κ2) is 4.10. The number of anilines is 1. The van der Waals surface area contributed by atoms with Crippen LogP contribution in [0.25, 0.3) is 0 Å². The summed E-state index contributed by atoms with van der Waals surface area (Å²) in [6, 6.07) is 4.51. The van der Waals surface area contributed by atoms with Gasteiger partial charge in [-0.1, -0.05) is 0 Å².